The van der Waals surface area contributed by atoms with Gasteiger partial charge in [-0.25, -0.2) is 9.37 Å². The predicted octanol–water partition coefficient (Wildman–Crippen LogP) is 2.20. The van der Waals surface area contributed by atoms with Crippen LogP contribution in [-0.2, 0) is 4.79 Å². The van der Waals surface area contributed by atoms with Gasteiger partial charge in [-0.05, 0) is 43.7 Å². The molecule has 1 unspecified atom stereocenters. The molecule has 134 valence electrons. The molecular formula is C17H15FN4O3S. The van der Waals surface area contributed by atoms with Crippen molar-refractivity contribution in [3.05, 3.63) is 57.2 Å². The average molecular weight is 374 g/mol. The van der Waals surface area contributed by atoms with Crippen LogP contribution in [-0.4, -0.2) is 21.4 Å². The fourth-order valence-electron chi connectivity index (χ4n) is 2.55. The van der Waals surface area contributed by atoms with E-state index in [-0.39, 0.29) is 10.3 Å². The molecule has 2 aromatic heterocycles. The fourth-order valence-corrected chi connectivity index (χ4v) is 3.55. The van der Waals surface area contributed by atoms with Crippen LogP contribution in [0.25, 0.3) is 10.2 Å². The van der Waals surface area contributed by atoms with Gasteiger partial charge in [-0.2, -0.15) is 0 Å². The topological polar surface area (TPSA) is 107 Å². The number of halogens is 1. The van der Waals surface area contributed by atoms with Crippen molar-refractivity contribution < 1.29 is 14.0 Å². The lowest BCUT2D eigenvalue weighted by molar-refractivity contribution is -0.118. The van der Waals surface area contributed by atoms with E-state index in [0.29, 0.717) is 16.1 Å². The number of aryl methyl sites for hydroxylation is 1. The highest BCUT2D eigenvalue weighted by Gasteiger charge is 2.22. The summed E-state index contributed by atoms with van der Waals surface area (Å²) in [5, 5.41) is 2.89. The van der Waals surface area contributed by atoms with E-state index in [2.05, 4.69) is 10.3 Å². The number of hydrogen-bond donors (Lipinski definition) is 2. The molecule has 0 aliphatic rings. The summed E-state index contributed by atoms with van der Waals surface area (Å²) in [7, 11) is 0. The van der Waals surface area contributed by atoms with Gasteiger partial charge < -0.3 is 11.1 Å². The summed E-state index contributed by atoms with van der Waals surface area (Å²) in [6.45, 7) is 3.17. The molecule has 0 radical (unpaired) electrons. The molecule has 9 heteroatoms. The number of anilines is 1. The number of fused-ring (bicyclic) bond motifs is 1. The van der Waals surface area contributed by atoms with Gasteiger partial charge in [0.2, 0.25) is 5.91 Å². The van der Waals surface area contributed by atoms with Gasteiger partial charge in [-0.3, -0.25) is 19.0 Å². The monoisotopic (exact) mass is 374 g/mol. The molecule has 0 fully saturated rings. The molecule has 2 amide bonds. The molecule has 3 rings (SSSR count). The number of amides is 2. The molecule has 3 aromatic rings. The minimum absolute atomic E-state index is 0.269. The first-order valence-corrected chi connectivity index (χ1v) is 8.47. The number of hydrogen-bond acceptors (Lipinski definition) is 5. The summed E-state index contributed by atoms with van der Waals surface area (Å²) in [4.78, 5) is 41.5. The molecule has 1 atom stereocenters. The Morgan fingerprint density at radius 2 is 1.96 bits per heavy atom. The van der Waals surface area contributed by atoms with Gasteiger partial charge in [-0.1, -0.05) is 0 Å². The lowest BCUT2D eigenvalue weighted by Gasteiger charge is -2.15. The summed E-state index contributed by atoms with van der Waals surface area (Å²) < 4.78 is 14.1. The molecule has 1 aromatic carbocycles. The van der Waals surface area contributed by atoms with Crippen LogP contribution in [0.1, 0.15) is 28.2 Å². The Kier molecular flexibility index (Phi) is 4.56. The van der Waals surface area contributed by atoms with E-state index < -0.39 is 29.2 Å². The van der Waals surface area contributed by atoms with Crippen LogP contribution in [0.5, 0.6) is 0 Å². The number of primary amides is 1. The maximum absolute atomic E-state index is 12.9. The second kappa shape index (κ2) is 6.68. The van der Waals surface area contributed by atoms with Crippen LogP contribution in [0.15, 0.2) is 35.4 Å². The van der Waals surface area contributed by atoms with Gasteiger partial charge in [0.1, 0.15) is 16.7 Å². The van der Waals surface area contributed by atoms with E-state index in [1.807, 2.05) is 0 Å². The highest BCUT2D eigenvalue weighted by molar-refractivity contribution is 7.20. The number of nitrogens with zero attached hydrogens (tertiary/aromatic N) is 2. The van der Waals surface area contributed by atoms with E-state index in [4.69, 9.17) is 5.73 Å². The first-order chi connectivity index (χ1) is 12.3. The molecule has 0 spiro atoms. The van der Waals surface area contributed by atoms with Gasteiger partial charge in [0.25, 0.3) is 11.5 Å². The van der Waals surface area contributed by atoms with E-state index in [9.17, 15) is 18.8 Å². The van der Waals surface area contributed by atoms with Crippen LogP contribution in [0.3, 0.4) is 0 Å². The van der Waals surface area contributed by atoms with Crippen molar-refractivity contribution in [2.75, 3.05) is 5.32 Å². The Balaban J connectivity index is 1.96. The molecule has 2 heterocycles. The minimum Gasteiger partial charge on any atom is -0.365 e. The molecule has 0 saturated heterocycles. The van der Waals surface area contributed by atoms with Crippen molar-refractivity contribution in [3.63, 3.8) is 0 Å². The minimum atomic E-state index is -0.860. The maximum Gasteiger partial charge on any atom is 0.263 e. The van der Waals surface area contributed by atoms with Crippen LogP contribution in [0.4, 0.5) is 10.1 Å². The van der Waals surface area contributed by atoms with Gasteiger partial charge in [0.15, 0.2) is 0 Å². The van der Waals surface area contributed by atoms with Gasteiger partial charge in [-0.15, -0.1) is 11.3 Å². The number of thiophene rings is 1. The van der Waals surface area contributed by atoms with Crippen LogP contribution < -0.4 is 16.6 Å². The Hall–Kier alpha value is -3.07. The molecule has 3 N–H and O–H groups in total. The third-order valence-electron chi connectivity index (χ3n) is 4.01. The lowest BCUT2D eigenvalue weighted by Crippen LogP contribution is -2.31. The molecule has 0 aliphatic carbocycles. The van der Waals surface area contributed by atoms with Crippen molar-refractivity contribution in [1.82, 2.24) is 9.55 Å². The third kappa shape index (κ3) is 3.08. The highest BCUT2D eigenvalue weighted by Crippen LogP contribution is 2.26. The Labute approximate surface area is 151 Å². The molecule has 26 heavy (non-hydrogen) atoms. The fraction of sp³-hybridized carbons (Fsp3) is 0.176. The third-order valence-corrected chi connectivity index (χ3v) is 5.22. The van der Waals surface area contributed by atoms with E-state index in [1.54, 1.807) is 13.8 Å². The summed E-state index contributed by atoms with van der Waals surface area (Å²) >= 11 is 1.04. The van der Waals surface area contributed by atoms with Crippen molar-refractivity contribution in [1.29, 1.82) is 0 Å². The Morgan fingerprint density at radius 1 is 1.31 bits per heavy atom. The lowest BCUT2D eigenvalue weighted by atomic mass is 10.2. The number of carbonyl (C=O) groups excluding carboxylic acids is 2. The number of nitrogens with two attached hydrogens (primary N) is 1. The second-order valence-corrected chi connectivity index (χ2v) is 6.73. The van der Waals surface area contributed by atoms with Crippen molar-refractivity contribution >= 4 is 39.1 Å². The largest absolute Gasteiger partial charge is 0.365 e. The van der Waals surface area contributed by atoms with Crippen LogP contribution >= 0.6 is 11.3 Å². The summed E-state index contributed by atoms with van der Waals surface area (Å²) in [6, 6.07) is 4.43. The Morgan fingerprint density at radius 3 is 2.58 bits per heavy atom. The number of carbonyl (C=O) groups is 2. The summed E-state index contributed by atoms with van der Waals surface area (Å²) in [6.07, 6.45) is 1.26. The van der Waals surface area contributed by atoms with E-state index in [0.717, 1.165) is 11.3 Å². The van der Waals surface area contributed by atoms with E-state index >= 15 is 0 Å². The van der Waals surface area contributed by atoms with Crippen LogP contribution in [0.2, 0.25) is 0 Å². The smallest absolute Gasteiger partial charge is 0.263 e. The number of nitrogens with one attached hydrogen (secondary N) is 1. The van der Waals surface area contributed by atoms with Crippen molar-refractivity contribution in [2.24, 2.45) is 5.73 Å². The molecule has 7 nitrogen and oxygen atoms in total. The number of rotatable bonds is 4. The summed E-state index contributed by atoms with van der Waals surface area (Å²) in [5.41, 5.74) is 5.75. The predicted molar refractivity (Wildman–Crippen MR) is 96.9 cm³/mol. The first kappa shape index (κ1) is 17.7. The van der Waals surface area contributed by atoms with Gasteiger partial charge in [0, 0.05) is 5.69 Å². The Bertz CT molecular complexity index is 1070. The average Bonchev–Trinajstić information content (AvgIpc) is 2.94. The summed E-state index contributed by atoms with van der Waals surface area (Å²) in [5.74, 6) is -1.50. The maximum atomic E-state index is 12.9. The van der Waals surface area contributed by atoms with E-state index in [1.165, 1.54) is 35.2 Å². The SMILES string of the molecule is Cc1c(C(N)=O)sc2ncn(C(C)C(=O)Nc3ccc(F)cc3)c(=O)c12. The molecule has 0 saturated carbocycles. The molecular weight excluding hydrogens is 359 g/mol. The first-order valence-electron chi connectivity index (χ1n) is 7.66. The molecule has 0 bridgehead atoms. The normalized spacial score (nSPS) is 12.1. The quantitative estimate of drug-likeness (QED) is 0.730. The standard InChI is InChI=1S/C17H15FN4O3S/c1-8-12-16(26-13(8)14(19)23)20-7-22(17(12)25)9(2)15(24)21-11-5-3-10(18)4-6-11/h3-7,9H,1-2H3,(H2,19,23)(H,21,24). The highest BCUT2D eigenvalue weighted by atomic mass is 32.1. The number of benzene rings is 1. The van der Waals surface area contributed by atoms with Gasteiger partial charge in [0.05, 0.1) is 16.6 Å². The zero-order valence-corrected chi connectivity index (χ0v) is 14.8. The molecule has 0 aliphatic heterocycles. The second-order valence-electron chi connectivity index (χ2n) is 5.73. The van der Waals surface area contributed by atoms with Crippen molar-refractivity contribution in [3.8, 4) is 0 Å². The van der Waals surface area contributed by atoms with Crippen molar-refractivity contribution in [2.45, 2.75) is 19.9 Å². The van der Waals surface area contributed by atoms with Crippen LogP contribution in [0, 0.1) is 12.7 Å². The number of aromatic nitrogens is 2. The zero-order chi connectivity index (χ0) is 19.0. The van der Waals surface area contributed by atoms with Gasteiger partial charge >= 0.3 is 0 Å². The zero-order valence-electron chi connectivity index (χ0n) is 13.9.